The maximum absolute atomic E-state index is 13.8. The van der Waals surface area contributed by atoms with E-state index in [0.29, 0.717) is 43.2 Å². The molecule has 1 aliphatic heterocycles. The maximum atomic E-state index is 13.8. The number of halogens is 1. The lowest BCUT2D eigenvalue weighted by Gasteiger charge is -2.36. The molecule has 0 bridgehead atoms. The molecule has 2 amide bonds. The van der Waals surface area contributed by atoms with Crippen LogP contribution in [0.25, 0.3) is 0 Å². The standard InChI is InChI=1S/C26H34FN3O4/c1-17-13-30(14-20-7-6-8-21(27)11-20)18(2)16-34-24-10-9-22(28-19(3)31)12-23(24)26(32)29(4)15-25(17)33-5/h6-12,17-18,25H,13-16H2,1-5H3,(H,28,31)/t17-,18+,25-/m0/s1. The number of benzene rings is 2. The van der Waals surface area contributed by atoms with E-state index in [1.165, 1.54) is 13.0 Å². The fourth-order valence-corrected chi connectivity index (χ4v) is 4.22. The van der Waals surface area contributed by atoms with E-state index >= 15 is 0 Å². The number of methoxy groups -OCH3 is 1. The van der Waals surface area contributed by atoms with Gasteiger partial charge in [0.15, 0.2) is 0 Å². The molecule has 2 aromatic rings. The van der Waals surface area contributed by atoms with E-state index in [9.17, 15) is 14.0 Å². The minimum atomic E-state index is -0.261. The summed E-state index contributed by atoms with van der Waals surface area (Å²) in [6.45, 7) is 7.54. The van der Waals surface area contributed by atoms with E-state index in [2.05, 4.69) is 24.1 Å². The van der Waals surface area contributed by atoms with Crippen molar-refractivity contribution in [2.24, 2.45) is 5.92 Å². The predicted octanol–water partition coefficient (Wildman–Crippen LogP) is 3.79. The second-order valence-electron chi connectivity index (χ2n) is 9.05. The summed E-state index contributed by atoms with van der Waals surface area (Å²) in [6.07, 6.45) is -0.196. The Morgan fingerprint density at radius 3 is 2.65 bits per heavy atom. The van der Waals surface area contributed by atoms with Crippen LogP contribution >= 0.6 is 0 Å². The minimum absolute atomic E-state index is 0.0154. The van der Waals surface area contributed by atoms with Gasteiger partial charge in [0.2, 0.25) is 5.91 Å². The molecule has 0 fully saturated rings. The second kappa shape index (κ2) is 11.4. The molecule has 184 valence electrons. The number of nitrogens with one attached hydrogen (secondary N) is 1. The Bertz CT molecular complexity index is 1020. The SMILES string of the molecule is CO[C@H]1CN(C)C(=O)c2cc(NC(C)=O)ccc2OC[C@@H](C)N(Cc2cccc(F)c2)C[C@@H]1C. The highest BCUT2D eigenvalue weighted by Crippen LogP contribution is 2.27. The molecule has 0 saturated carbocycles. The lowest BCUT2D eigenvalue weighted by Crippen LogP contribution is -2.46. The number of likely N-dealkylation sites (N-methyl/N-ethyl adjacent to an activating group) is 1. The Labute approximate surface area is 200 Å². The molecular weight excluding hydrogens is 437 g/mol. The minimum Gasteiger partial charge on any atom is -0.491 e. The van der Waals surface area contributed by atoms with Crippen LogP contribution in [0.4, 0.5) is 10.1 Å². The quantitative estimate of drug-likeness (QED) is 0.735. The lowest BCUT2D eigenvalue weighted by atomic mass is 10.0. The Balaban J connectivity index is 1.94. The molecular formula is C26H34FN3O4. The van der Waals surface area contributed by atoms with Crippen molar-refractivity contribution in [2.45, 2.75) is 39.5 Å². The fourth-order valence-electron chi connectivity index (χ4n) is 4.22. The average molecular weight is 472 g/mol. The molecule has 0 saturated heterocycles. The summed E-state index contributed by atoms with van der Waals surface area (Å²) < 4.78 is 25.7. The first-order chi connectivity index (χ1) is 16.2. The molecule has 7 nitrogen and oxygen atoms in total. The Morgan fingerprint density at radius 1 is 1.21 bits per heavy atom. The van der Waals surface area contributed by atoms with Gasteiger partial charge in [-0.25, -0.2) is 4.39 Å². The molecule has 8 heteroatoms. The van der Waals surface area contributed by atoms with E-state index < -0.39 is 0 Å². The van der Waals surface area contributed by atoms with Crippen molar-refractivity contribution in [3.8, 4) is 5.75 Å². The summed E-state index contributed by atoms with van der Waals surface area (Å²) >= 11 is 0. The molecule has 1 aliphatic rings. The zero-order valence-corrected chi connectivity index (χ0v) is 20.5. The zero-order chi connectivity index (χ0) is 24.8. The van der Waals surface area contributed by atoms with Gasteiger partial charge in [-0.2, -0.15) is 0 Å². The molecule has 1 heterocycles. The predicted molar refractivity (Wildman–Crippen MR) is 129 cm³/mol. The van der Waals surface area contributed by atoms with Crippen LogP contribution in [0.15, 0.2) is 42.5 Å². The van der Waals surface area contributed by atoms with Crippen LogP contribution in [0.1, 0.15) is 36.7 Å². The Kier molecular flexibility index (Phi) is 8.63. The van der Waals surface area contributed by atoms with Gasteiger partial charge in [0.05, 0.1) is 11.7 Å². The van der Waals surface area contributed by atoms with Gasteiger partial charge < -0.3 is 19.7 Å². The van der Waals surface area contributed by atoms with Crippen molar-refractivity contribution in [3.05, 3.63) is 59.4 Å². The third-order valence-corrected chi connectivity index (χ3v) is 6.17. The molecule has 0 spiro atoms. The molecule has 0 aromatic heterocycles. The van der Waals surface area contributed by atoms with E-state index in [1.54, 1.807) is 49.4 Å². The summed E-state index contributed by atoms with van der Waals surface area (Å²) in [5.41, 5.74) is 1.79. The summed E-state index contributed by atoms with van der Waals surface area (Å²) in [6, 6.07) is 11.7. The number of hydrogen-bond donors (Lipinski definition) is 1. The van der Waals surface area contributed by atoms with Gasteiger partial charge in [0.25, 0.3) is 5.91 Å². The monoisotopic (exact) mass is 471 g/mol. The molecule has 0 unspecified atom stereocenters. The summed E-state index contributed by atoms with van der Waals surface area (Å²) in [7, 11) is 3.38. The highest BCUT2D eigenvalue weighted by Gasteiger charge is 2.28. The van der Waals surface area contributed by atoms with Gasteiger partial charge in [-0.3, -0.25) is 14.5 Å². The molecule has 2 aromatic carbocycles. The largest absolute Gasteiger partial charge is 0.491 e. The molecule has 1 N–H and O–H groups in total. The fraction of sp³-hybridized carbons (Fsp3) is 0.462. The number of ether oxygens (including phenoxy) is 2. The van der Waals surface area contributed by atoms with Crippen LogP contribution in [0.2, 0.25) is 0 Å². The number of anilines is 1. The first-order valence-electron chi connectivity index (χ1n) is 11.5. The third kappa shape index (κ3) is 6.55. The highest BCUT2D eigenvalue weighted by atomic mass is 19.1. The number of carbonyl (C=O) groups excluding carboxylic acids is 2. The molecule has 3 atom stereocenters. The van der Waals surface area contributed by atoms with E-state index in [4.69, 9.17) is 9.47 Å². The first-order valence-corrected chi connectivity index (χ1v) is 11.5. The van der Waals surface area contributed by atoms with E-state index in [-0.39, 0.29) is 35.7 Å². The summed E-state index contributed by atoms with van der Waals surface area (Å²) in [5, 5.41) is 2.72. The topological polar surface area (TPSA) is 71.1 Å². The van der Waals surface area contributed by atoms with Crippen LogP contribution in [-0.2, 0) is 16.1 Å². The van der Waals surface area contributed by atoms with Crippen molar-refractivity contribution in [1.82, 2.24) is 9.80 Å². The number of fused-ring (bicyclic) bond motifs is 1. The zero-order valence-electron chi connectivity index (χ0n) is 20.5. The Hall–Kier alpha value is -2.97. The number of hydrogen-bond acceptors (Lipinski definition) is 5. The number of nitrogens with zero attached hydrogens (tertiary/aromatic N) is 2. The maximum Gasteiger partial charge on any atom is 0.257 e. The van der Waals surface area contributed by atoms with Gasteiger partial charge in [0.1, 0.15) is 18.2 Å². The number of carbonyl (C=O) groups is 2. The van der Waals surface area contributed by atoms with E-state index in [1.807, 2.05) is 6.07 Å². The molecule has 0 radical (unpaired) electrons. The normalized spacial score (nSPS) is 22.2. The average Bonchev–Trinajstić information content (AvgIpc) is 2.79. The van der Waals surface area contributed by atoms with E-state index in [0.717, 1.165) is 5.56 Å². The van der Waals surface area contributed by atoms with Gasteiger partial charge in [-0.1, -0.05) is 19.1 Å². The van der Waals surface area contributed by atoms with Crippen molar-refractivity contribution in [3.63, 3.8) is 0 Å². The lowest BCUT2D eigenvalue weighted by molar-refractivity contribution is -0.114. The number of amides is 2. The van der Waals surface area contributed by atoms with Crippen LogP contribution in [-0.4, -0.2) is 67.6 Å². The van der Waals surface area contributed by atoms with Crippen LogP contribution in [0.5, 0.6) is 5.75 Å². The first kappa shape index (κ1) is 25.6. The second-order valence-corrected chi connectivity index (χ2v) is 9.05. The molecule has 0 aliphatic carbocycles. The van der Waals surface area contributed by atoms with Gasteiger partial charge in [-0.15, -0.1) is 0 Å². The van der Waals surface area contributed by atoms with Gasteiger partial charge in [-0.05, 0) is 48.7 Å². The van der Waals surface area contributed by atoms with Crippen molar-refractivity contribution in [2.75, 3.05) is 39.2 Å². The van der Waals surface area contributed by atoms with Crippen molar-refractivity contribution < 1.29 is 23.5 Å². The third-order valence-electron chi connectivity index (χ3n) is 6.17. The van der Waals surface area contributed by atoms with Gasteiger partial charge >= 0.3 is 0 Å². The summed E-state index contributed by atoms with van der Waals surface area (Å²) in [4.78, 5) is 28.7. The van der Waals surface area contributed by atoms with Crippen molar-refractivity contribution >= 4 is 17.5 Å². The Morgan fingerprint density at radius 2 is 1.97 bits per heavy atom. The summed E-state index contributed by atoms with van der Waals surface area (Å²) in [5.74, 6) is -0.138. The van der Waals surface area contributed by atoms with Crippen LogP contribution in [0.3, 0.4) is 0 Å². The number of rotatable bonds is 4. The van der Waals surface area contributed by atoms with Gasteiger partial charge in [0, 0.05) is 52.4 Å². The highest BCUT2D eigenvalue weighted by molar-refractivity contribution is 5.99. The van der Waals surface area contributed by atoms with Crippen LogP contribution in [0, 0.1) is 11.7 Å². The molecule has 3 rings (SSSR count). The van der Waals surface area contributed by atoms with Crippen LogP contribution < -0.4 is 10.1 Å². The van der Waals surface area contributed by atoms with Crippen molar-refractivity contribution in [1.29, 1.82) is 0 Å². The molecule has 34 heavy (non-hydrogen) atoms. The smallest absolute Gasteiger partial charge is 0.257 e.